The standard InChI is InChI=1S/C20H23N5OS/c1-5-16-11-7-8-13(2)18(16)21-17(26)12-27-20-22-23-24-25(20)19-14(3)9-6-10-15(19)4/h6-11H,5,12H2,1-4H3,(H,21,26). The molecule has 0 aliphatic carbocycles. The van der Waals surface area contributed by atoms with Crippen molar-refractivity contribution < 1.29 is 4.79 Å². The molecular formula is C20H23N5OS. The third-order valence-corrected chi connectivity index (χ3v) is 5.35. The first kappa shape index (κ1) is 19.1. The Morgan fingerprint density at radius 3 is 2.44 bits per heavy atom. The van der Waals surface area contributed by atoms with Crippen LogP contribution in [0.3, 0.4) is 0 Å². The van der Waals surface area contributed by atoms with Crippen LogP contribution in [0.2, 0.25) is 0 Å². The number of nitrogens with one attached hydrogen (secondary N) is 1. The molecule has 1 N–H and O–H groups in total. The zero-order chi connectivity index (χ0) is 19.4. The Kier molecular flexibility index (Phi) is 5.91. The van der Waals surface area contributed by atoms with E-state index in [1.807, 2.05) is 57.2 Å². The lowest BCUT2D eigenvalue weighted by Crippen LogP contribution is -2.16. The molecule has 3 aromatic rings. The number of benzene rings is 2. The molecule has 0 spiro atoms. The van der Waals surface area contributed by atoms with Gasteiger partial charge in [0.2, 0.25) is 11.1 Å². The molecule has 140 valence electrons. The fourth-order valence-corrected chi connectivity index (χ4v) is 3.73. The highest BCUT2D eigenvalue weighted by molar-refractivity contribution is 7.99. The van der Waals surface area contributed by atoms with Gasteiger partial charge in [-0.15, -0.1) is 5.10 Å². The Hall–Kier alpha value is -2.67. The first-order valence-corrected chi connectivity index (χ1v) is 9.86. The molecule has 3 rings (SSSR count). The summed E-state index contributed by atoms with van der Waals surface area (Å²) in [4.78, 5) is 12.5. The van der Waals surface area contributed by atoms with E-state index in [2.05, 4.69) is 27.8 Å². The Morgan fingerprint density at radius 2 is 1.74 bits per heavy atom. The van der Waals surface area contributed by atoms with E-state index < -0.39 is 0 Å². The Balaban J connectivity index is 1.74. The first-order valence-electron chi connectivity index (χ1n) is 8.87. The molecule has 2 aromatic carbocycles. The second kappa shape index (κ2) is 8.35. The smallest absolute Gasteiger partial charge is 0.234 e. The predicted octanol–water partition coefficient (Wildman–Crippen LogP) is 3.88. The lowest BCUT2D eigenvalue weighted by atomic mass is 10.1. The molecule has 0 aliphatic rings. The number of carbonyl (C=O) groups is 1. The first-order chi connectivity index (χ1) is 13.0. The van der Waals surface area contributed by atoms with Crippen molar-refractivity contribution in [3.05, 3.63) is 58.7 Å². The molecule has 1 amide bonds. The molecule has 0 saturated heterocycles. The molecule has 27 heavy (non-hydrogen) atoms. The van der Waals surface area contributed by atoms with Crippen LogP contribution in [0.4, 0.5) is 5.69 Å². The molecule has 0 aliphatic heterocycles. The summed E-state index contributed by atoms with van der Waals surface area (Å²) >= 11 is 1.33. The van der Waals surface area contributed by atoms with Gasteiger partial charge in [-0.2, -0.15) is 4.68 Å². The second-order valence-corrected chi connectivity index (χ2v) is 7.36. The van der Waals surface area contributed by atoms with Crippen molar-refractivity contribution in [1.29, 1.82) is 0 Å². The lowest BCUT2D eigenvalue weighted by molar-refractivity contribution is -0.113. The summed E-state index contributed by atoms with van der Waals surface area (Å²) in [5, 5.41) is 15.6. The molecule has 0 bridgehead atoms. The van der Waals surface area contributed by atoms with E-state index in [-0.39, 0.29) is 11.7 Å². The zero-order valence-electron chi connectivity index (χ0n) is 16.0. The van der Waals surface area contributed by atoms with Gasteiger partial charge in [-0.3, -0.25) is 4.79 Å². The second-order valence-electron chi connectivity index (χ2n) is 6.41. The molecule has 0 unspecified atom stereocenters. The van der Waals surface area contributed by atoms with Crippen LogP contribution in [-0.2, 0) is 11.2 Å². The van der Waals surface area contributed by atoms with Gasteiger partial charge in [-0.05, 0) is 59.9 Å². The average molecular weight is 382 g/mol. The van der Waals surface area contributed by atoms with Crippen LogP contribution in [0.1, 0.15) is 29.2 Å². The van der Waals surface area contributed by atoms with Crippen LogP contribution < -0.4 is 5.32 Å². The highest BCUT2D eigenvalue weighted by Crippen LogP contribution is 2.25. The topological polar surface area (TPSA) is 72.7 Å². The van der Waals surface area contributed by atoms with Crippen molar-refractivity contribution in [3.63, 3.8) is 0 Å². The number of amides is 1. The minimum atomic E-state index is -0.0694. The molecule has 0 radical (unpaired) electrons. The molecule has 0 fully saturated rings. The molecule has 1 aromatic heterocycles. The van der Waals surface area contributed by atoms with Crippen LogP contribution in [0.25, 0.3) is 5.69 Å². The molecule has 0 saturated carbocycles. The summed E-state index contributed by atoms with van der Waals surface area (Å²) in [6.07, 6.45) is 0.870. The van der Waals surface area contributed by atoms with E-state index in [1.54, 1.807) is 4.68 Å². The Labute approximate surface area is 163 Å². The van der Waals surface area contributed by atoms with E-state index in [4.69, 9.17) is 0 Å². The van der Waals surface area contributed by atoms with Gasteiger partial charge < -0.3 is 5.32 Å². The molecule has 6 nitrogen and oxygen atoms in total. The van der Waals surface area contributed by atoms with Gasteiger partial charge in [0.05, 0.1) is 11.4 Å². The summed E-state index contributed by atoms with van der Waals surface area (Å²) in [5.41, 5.74) is 6.22. The minimum absolute atomic E-state index is 0.0694. The number of aromatic nitrogens is 4. The van der Waals surface area contributed by atoms with Crippen LogP contribution in [-0.4, -0.2) is 31.9 Å². The molecular weight excluding hydrogens is 358 g/mol. The number of tetrazole rings is 1. The maximum Gasteiger partial charge on any atom is 0.234 e. The van der Waals surface area contributed by atoms with Gasteiger partial charge >= 0.3 is 0 Å². The maximum absolute atomic E-state index is 12.5. The number of hydrogen-bond acceptors (Lipinski definition) is 5. The number of thioether (sulfide) groups is 1. The third-order valence-electron chi connectivity index (χ3n) is 4.43. The van der Waals surface area contributed by atoms with Crippen molar-refractivity contribution in [1.82, 2.24) is 20.2 Å². The highest BCUT2D eigenvalue weighted by Gasteiger charge is 2.15. The van der Waals surface area contributed by atoms with Gasteiger partial charge in [-0.25, -0.2) is 0 Å². The van der Waals surface area contributed by atoms with Crippen LogP contribution in [0.15, 0.2) is 41.6 Å². The lowest BCUT2D eigenvalue weighted by Gasteiger charge is -2.13. The van der Waals surface area contributed by atoms with Crippen molar-refractivity contribution in [2.45, 2.75) is 39.3 Å². The van der Waals surface area contributed by atoms with E-state index in [1.165, 1.54) is 11.8 Å². The van der Waals surface area contributed by atoms with Crippen molar-refractivity contribution in [3.8, 4) is 5.69 Å². The van der Waals surface area contributed by atoms with Crippen molar-refractivity contribution >= 4 is 23.4 Å². The van der Waals surface area contributed by atoms with Crippen LogP contribution in [0.5, 0.6) is 0 Å². The number of rotatable bonds is 6. The van der Waals surface area contributed by atoms with Gasteiger partial charge in [0.15, 0.2) is 0 Å². The predicted molar refractivity (Wildman–Crippen MR) is 109 cm³/mol. The number of para-hydroxylation sites is 2. The summed E-state index contributed by atoms with van der Waals surface area (Å²) in [6.45, 7) is 8.13. The van der Waals surface area contributed by atoms with Crippen LogP contribution >= 0.6 is 11.8 Å². The highest BCUT2D eigenvalue weighted by atomic mass is 32.2. The zero-order valence-corrected chi connectivity index (χ0v) is 16.8. The number of hydrogen-bond donors (Lipinski definition) is 1. The maximum atomic E-state index is 12.5. The van der Waals surface area contributed by atoms with Gasteiger partial charge in [0.25, 0.3) is 0 Å². The van der Waals surface area contributed by atoms with E-state index in [0.717, 1.165) is 40.0 Å². The van der Waals surface area contributed by atoms with Gasteiger partial charge in [-0.1, -0.05) is 55.1 Å². The van der Waals surface area contributed by atoms with Crippen molar-refractivity contribution in [2.24, 2.45) is 0 Å². The third kappa shape index (κ3) is 4.19. The average Bonchev–Trinajstić information content (AvgIpc) is 3.10. The number of anilines is 1. The summed E-state index contributed by atoms with van der Waals surface area (Å²) in [5.74, 6) is 0.169. The quantitative estimate of drug-likeness (QED) is 0.656. The van der Waals surface area contributed by atoms with Crippen molar-refractivity contribution in [2.75, 3.05) is 11.1 Å². The minimum Gasteiger partial charge on any atom is -0.325 e. The SMILES string of the molecule is CCc1cccc(C)c1NC(=O)CSc1nnnn1-c1c(C)cccc1C. The summed E-state index contributed by atoms with van der Waals surface area (Å²) in [7, 11) is 0. The summed E-state index contributed by atoms with van der Waals surface area (Å²) < 4.78 is 1.70. The Morgan fingerprint density at radius 1 is 1.07 bits per heavy atom. The number of nitrogens with zero attached hydrogens (tertiary/aromatic N) is 4. The fraction of sp³-hybridized carbons (Fsp3) is 0.300. The normalized spacial score (nSPS) is 10.8. The van der Waals surface area contributed by atoms with E-state index in [0.29, 0.717) is 5.16 Å². The Bertz CT molecular complexity index is 947. The summed E-state index contributed by atoms with van der Waals surface area (Å²) in [6, 6.07) is 12.1. The molecule has 7 heteroatoms. The van der Waals surface area contributed by atoms with E-state index in [9.17, 15) is 4.79 Å². The largest absolute Gasteiger partial charge is 0.325 e. The molecule has 1 heterocycles. The van der Waals surface area contributed by atoms with Crippen LogP contribution in [0, 0.1) is 20.8 Å². The van der Waals surface area contributed by atoms with E-state index >= 15 is 0 Å². The fourth-order valence-electron chi connectivity index (χ4n) is 3.06. The monoisotopic (exact) mass is 381 g/mol. The van der Waals surface area contributed by atoms with Gasteiger partial charge in [0, 0.05) is 5.69 Å². The van der Waals surface area contributed by atoms with Gasteiger partial charge in [0.1, 0.15) is 0 Å². The molecule has 0 atom stereocenters. The number of carbonyl (C=O) groups excluding carboxylic acids is 1. The number of aryl methyl sites for hydroxylation is 4.